The Labute approximate surface area is 142 Å². The molecule has 0 unspecified atom stereocenters. The average molecular weight is 390 g/mol. The van der Waals surface area contributed by atoms with E-state index in [0.29, 0.717) is 27.5 Å². The van der Waals surface area contributed by atoms with Gasteiger partial charge in [0.05, 0.1) is 5.02 Å². The molecule has 3 nitrogen and oxygen atoms in total. The van der Waals surface area contributed by atoms with Crippen LogP contribution in [0.5, 0.6) is 11.6 Å². The highest BCUT2D eigenvalue weighted by atomic mass is 79.9. The molecule has 0 aliphatic carbocycles. The highest BCUT2D eigenvalue weighted by Gasteiger charge is 2.12. The van der Waals surface area contributed by atoms with Crippen molar-refractivity contribution in [1.29, 1.82) is 0 Å². The van der Waals surface area contributed by atoms with Crippen LogP contribution in [0.15, 0.2) is 28.7 Å². The fraction of sp³-hybridized carbons (Fsp3) is 0.267. The normalized spacial score (nSPS) is 10.5. The van der Waals surface area contributed by atoms with Crippen LogP contribution in [0, 0.1) is 6.92 Å². The summed E-state index contributed by atoms with van der Waals surface area (Å²) < 4.78 is 6.80. The molecule has 0 aliphatic heterocycles. The molecule has 0 radical (unpaired) electrons. The van der Waals surface area contributed by atoms with Crippen molar-refractivity contribution in [3.8, 4) is 11.6 Å². The largest absolute Gasteiger partial charge is 0.437 e. The van der Waals surface area contributed by atoms with Gasteiger partial charge in [0.15, 0.2) is 0 Å². The Kier molecular flexibility index (Phi) is 5.73. The molecular formula is C15H15BrCl2N2O. The zero-order chi connectivity index (χ0) is 15.4. The van der Waals surface area contributed by atoms with Gasteiger partial charge in [0.25, 0.3) is 0 Å². The SMILES string of the molecule is CCCNc1nc(Oc2ccc(Br)cc2C)c(Cl)cc1Cl. The van der Waals surface area contributed by atoms with Crippen LogP contribution in [0.2, 0.25) is 10.0 Å². The molecule has 1 aromatic heterocycles. The van der Waals surface area contributed by atoms with E-state index in [0.717, 1.165) is 23.0 Å². The quantitative estimate of drug-likeness (QED) is 0.673. The van der Waals surface area contributed by atoms with Gasteiger partial charge in [0.2, 0.25) is 5.88 Å². The zero-order valence-corrected chi connectivity index (χ0v) is 14.8. The number of aromatic nitrogens is 1. The van der Waals surface area contributed by atoms with Crippen LogP contribution >= 0.6 is 39.1 Å². The Morgan fingerprint density at radius 3 is 2.67 bits per heavy atom. The maximum absolute atomic E-state index is 6.16. The summed E-state index contributed by atoms with van der Waals surface area (Å²) in [6.45, 7) is 4.81. The van der Waals surface area contributed by atoms with Crippen molar-refractivity contribution in [2.75, 3.05) is 11.9 Å². The minimum Gasteiger partial charge on any atom is -0.437 e. The van der Waals surface area contributed by atoms with E-state index in [9.17, 15) is 0 Å². The van der Waals surface area contributed by atoms with Gasteiger partial charge in [-0.15, -0.1) is 0 Å². The Morgan fingerprint density at radius 2 is 2.00 bits per heavy atom. The molecule has 0 bridgehead atoms. The molecule has 0 aliphatic rings. The monoisotopic (exact) mass is 388 g/mol. The summed E-state index contributed by atoms with van der Waals surface area (Å²) in [7, 11) is 0. The van der Waals surface area contributed by atoms with Crippen LogP contribution in [0.3, 0.4) is 0 Å². The van der Waals surface area contributed by atoms with Crippen molar-refractivity contribution in [2.45, 2.75) is 20.3 Å². The fourth-order valence-electron chi connectivity index (χ4n) is 1.72. The third-order valence-electron chi connectivity index (χ3n) is 2.78. The second-order valence-electron chi connectivity index (χ2n) is 4.54. The summed E-state index contributed by atoms with van der Waals surface area (Å²) in [6.07, 6.45) is 0.975. The predicted octanol–water partition coefficient (Wildman–Crippen LogP) is 6.07. The molecule has 1 heterocycles. The van der Waals surface area contributed by atoms with Crippen LogP contribution in [-0.4, -0.2) is 11.5 Å². The number of halogens is 3. The van der Waals surface area contributed by atoms with E-state index in [-0.39, 0.29) is 0 Å². The van der Waals surface area contributed by atoms with Crippen LogP contribution in [0.1, 0.15) is 18.9 Å². The maximum atomic E-state index is 6.16. The zero-order valence-electron chi connectivity index (χ0n) is 11.7. The lowest BCUT2D eigenvalue weighted by molar-refractivity contribution is 0.460. The first-order valence-corrected chi connectivity index (χ1v) is 8.10. The van der Waals surface area contributed by atoms with Crippen molar-refractivity contribution in [1.82, 2.24) is 4.98 Å². The van der Waals surface area contributed by atoms with E-state index in [1.165, 1.54) is 0 Å². The van der Waals surface area contributed by atoms with Crippen LogP contribution in [0.4, 0.5) is 5.82 Å². The summed E-state index contributed by atoms with van der Waals surface area (Å²) in [5.74, 6) is 1.62. The molecule has 0 atom stereocenters. The molecule has 6 heteroatoms. The molecule has 1 N–H and O–H groups in total. The van der Waals surface area contributed by atoms with Crippen LogP contribution < -0.4 is 10.1 Å². The van der Waals surface area contributed by atoms with E-state index in [1.807, 2.05) is 25.1 Å². The fourth-order valence-corrected chi connectivity index (χ4v) is 2.66. The van der Waals surface area contributed by atoms with Crippen molar-refractivity contribution in [3.05, 3.63) is 44.3 Å². The molecule has 0 saturated heterocycles. The van der Waals surface area contributed by atoms with E-state index in [1.54, 1.807) is 6.07 Å². The summed E-state index contributed by atoms with van der Waals surface area (Å²) >= 11 is 15.7. The highest BCUT2D eigenvalue weighted by molar-refractivity contribution is 9.10. The van der Waals surface area contributed by atoms with E-state index >= 15 is 0 Å². The number of aryl methyl sites for hydroxylation is 1. The second kappa shape index (κ2) is 7.34. The highest BCUT2D eigenvalue weighted by Crippen LogP contribution is 2.35. The molecule has 0 spiro atoms. The van der Waals surface area contributed by atoms with Gasteiger partial charge in [-0.1, -0.05) is 46.1 Å². The predicted molar refractivity (Wildman–Crippen MR) is 92.0 cm³/mol. The lowest BCUT2D eigenvalue weighted by atomic mass is 10.2. The minimum atomic E-state index is 0.338. The van der Waals surface area contributed by atoms with Crippen LogP contribution in [0.25, 0.3) is 0 Å². The topological polar surface area (TPSA) is 34.2 Å². The van der Waals surface area contributed by atoms with Gasteiger partial charge in [0, 0.05) is 11.0 Å². The molecule has 21 heavy (non-hydrogen) atoms. The van der Waals surface area contributed by atoms with Gasteiger partial charge < -0.3 is 10.1 Å². The average Bonchev–Trinajstić information content (AvgIpc) is 2.43. The Morgan fingerprint density at radius 1 is 1.24 bits per heavy atom. The minimum absolute atomic E-state index is 0.338. The molecule has 2 rings (SSSR count). The third kappa shape index (κ3) is 4.25. The smallest absolute Gasteiger partial charge is 0.240 e. The van der Waals surface area contributed by atoms with E-state index in [4.69, 9.17) is 27.9 Å². The Hall–Kier alpha value is -0.970. The summed E-state index contributed by atoms with van der Waals surface area (Å²) in [4.78, 5) is 4.36. The first kappa shape index (κ1) is 16.4. The number of nitrogens with one attached hydrogen (secondary N) is 1. The first-order valence-electron chi connectivity index (χ1n) is 6.55. The van der Waals surface area contributed by atoms with Crippen molar-refractivity contribution in [2.24, 2.45) is 0 Å². The molecule has 0 saturated carbocycles. The number of hydrogen-bond donors (Lipinski definition) is 1. The van der Waals surface area contributed by atoms with Gasteiger partial charge in [-0.05, 0) is 43.2 Å². The third-order valence-corrected chi connectivity index (χ3v) is 3.84. The Bertz CT molecular complexity index is 650. The van der Waals surface area contributed by atoms with Crippen molar-refractivity contribution < 1.29 is 4.74 Å². The van der Waals surface area contributed by atoms with Gasteiger partial charge in [-0.2, -0.15) is 4.98 Å². The van der Waals surface area contributed by atoms with Gasteiger partial charge >= 0.3 is 0 Å². The number of pyridine rings is 1. The number of benzene rings is 1. The van der Waals surface area contributed by atoms with Crippen molar-refractivity contribution in [3.63, 3.8) is 0 Å². The molecule has 2 aromatic rings. The van der Waals surface area contributed by atoms with Crippen LogP contribution in [-0.2, 0) is 0 Å². The lowest BCUT2D eigenvalue weighted by Crippen LogP contribution is -2.03. The first-order chi connectivity index (χ1) is 10.0. The lowest BCUT2D eigenvalue weighted by Gasteiger charge is -2.12. The number of nitrogens with zero attached hydrogens (tertiary/aromatic N) is 1. The summed E-state index contributed by atoms with van der Waals surface area (Å²) in [5.41, 5.74) is 0.986. The number of hydrogen-bond acceptors (Lipinski definition) is 3. The molecule has 112 valence electrons. The molecular weight excluding hydrogens is 375 g/mol. The Balaban J connectivity index is 2.30. The van der Waals surface area contributed by atoms with E-state index < -0.39 is 0 Å². The van der Waals surface area contributed by atoms with Gasteiger partial charge in [-0.3, -0.25) is 0 Å². The summed E-state index contributed by atoms with van der Waals surface area (Å²) in [5, 5.41) is 4.01. The number of rotatable bonds is 5. The van der Waals surface area contributed by atoms with Crippen molar-refractivity contribution >= 4 is 44.9 Å². The molecule has 0 amide bonds. The summed E-state index contributed by atoms with van der Waals surface area (Å²) in [6, 6.07) is 7.38. The number of anilines is 1. The van der Waals surface area contributed by atoms with Gasteiger partial charge in [0.1, 0.15) is 16.6 Å². The second-order valence-corrected chi connectivity index (χ2v) is 6.27. The number of ether oxygens (including phenoxy) is 1. The molecule has 1 aromatic carbocycles. The molecule has 0 fully saturated rings. The van der Waals surface area contributed by atoms with Gasteiger partial charge in [-0.25, -0.2) is 0 Å². The van der Waals surface area contributed by atoms with E-state index in [2.05, 4.69) is 33.2 Å². The maximum Gasteiger partial charge on any atom is 0.240 e. The standard InChI is InChI=1S/C15H15BrCl2N2O/c1-3-6-19-14-11(17)8-12(18)15(20-14)21-13-5-4-10(16)7-9(13)2/h4-5,7-8H,3,6H2,1-2H3,(H,19,20).